The zero-order valence-electron chi connectivity index (χ0n) is 40.6. The Bertz CT molecular complexity index is 1710. The van der Waals surface area contributed by atoms with Gasteiger partial charge in [-0.3, -0.25) is 24.0 Å². The Morgan fingerprint density at radius 2 is 0.848 bits per heavy atom. The van der Waals surface area contributed by atoms with Crippen LogP contribution in [0.3, 0.4) is 0 Å². The average Bonchev–Trinajstić information content (AvgIpc) is 3.26. The number of aromatic hydroxyl groups is 2. The summed E-state index contributed by atoms with van der Waals surface area (Å²) in [5, 5.41) is 24.9. The van der Waals surface area contributed by atoms with Gasteiger partial charge in [-0.25, -0.2) is 4.79 Å². The molecule has 66 heavy (non-hydrogen) atoms. The molecule has 4 N–H and O–H groups in total. The molecule has 0 fully saturated rings. The summed E-state index contributed by atoms with van der Waals surface area (Å²) in [6.45, 7) is 10.5. The maximum Gasteiger partial charge on any atom is 0.328 e. The number of carbonyl (C=O) groups excluding carboxylic acids is 6. The molecule has 2 rings (SSSR count). The first-order valence-corrected chi connectivity index (χ1v) is 24.3. The standard InChI is InChI=1S/C52H80N2O12/c1-37(2)31-42(49(59)63-27-15-11-8-10-14-18-30-66-52(62)48(32-38(3)4)54-39(5)55)35-46(58)36-43(33-40-19-23-44(56)24-20-40)50(60)64-28-16-12-7-9-13-17-29-65-51(61)47(53-6)34-41-21-25-45(57)26-22-41/h19-26,37-38,42-43,47-48,53,56-57H,7-18,27-36H2,1-6H3,(H,54,55). The highest BCUT2D eigenvalue weighted by Gasteiger charge is 2.29. The SMILES string of the molecule is CNC(Cc1ccc(O)cc1)C(=O)OCCCCCCCCOC(=O)C(CC(=O)CC(CC(C)C)C(=O)OCCCCCCCCOC(=O)C(CC(C)C)NC(C)=O)Cc1ccc(O)cc1. The maximum absolute atomic E-state index is 13.5. The third-order valence-corrected chi connectivity index (χ3v) is 11.2. The van der Waals surface area contributed by atoms with Crippen molar-refractivity contribution in [1.82, 2.24) is 10.6 Å². The Morgan fingerprint density at radius 3 is 1.26 bits per heavy atom. The number of Topliss-reactive ketones (excluding diaryl/α,β-unsaturated/α-hetero) is 1. The molecule has 0 spiro atoms. The molecule has 0 heterocycles. The Morgan fingerprint density at radius 1 is 0.485 bits per heavy atom. The predicted octanol–water partition coefficient (Wildman–Crippen LogP) is 8.50. The number of likely N-dealkylation sites (N-methyl/N-ethyl adjacent to an activating group) is 1. The molecular weight excluding hydrogens is 845 g/mol. The number of rotatable bonds is 36. The maximum atomic E-state index is 13.5. The number of nitrogens with one attached hydrogen (secondary N) is 2. The number of unbranched alkanes of at least 4 members (excludes halogenated alkanes) is 10. The highest BCUT2D eigenvalue weighted by Crippen LogP contribution is 2.24. The summed E-state index contributed by atoms with van der Waals surface area (Å²) in [5.74, 6) is -2.76. The molecule has 4 atom stereocenters. The lowest BCUT2D eigenvalue weighted by Gasteiger charge is -2.20. The Hall–Kier alpha value is -4.98. The second kappa shape index (κ2) is 33.5. The van der Waals surface area contributed by atoms with E-state index in [1.165, 1.54) is 19.1 Å². The van der Waals surface area contributed by atoms with Crippen LogP contribution in [0.25, 0.3) is 0 Å². The lowest BCUT2D eigenvalue weighted by molar-refractivity contribution is -0.152. The Balaban J connectivity index is 1.73. The minimum Gasteiger partial charge on any atom is -0.508 e. The number of phenols is 2. The molecule has 0 bridgehead atoms. The molecule has 0 aliphatic heterocycles. The first-order chi connectivity index (χ1) is 31.6. The van der Waals surface area contributed by atoms with Gasteiger partial charge in [-0.2, -0.15) is 0 Å². The fourth-order valence-corrected chi connectivity index (χ4v) is 7.67. The molecule has 0 aliphatic rings. The highest BCUT2D eigenvalue weighted by molar-refractivity contribution is 5.88. The zero-order valence-corrected chi connectivity index (χ0v) is 40.6. The predicted molar refractivity (Wildman–Crippen MR) is 253 cm³/mol. The highest BCUT2D eigenvalue weighted by atomic mass is 16.5. The van der Waals surface area contributed by atoms with Crippen molar-refractivity contribution in [3.8, 4) is 11.5 Å². The smallest absolute Gasteiger partial charge is 0.328 e. The molecule has 14 heteroatoms. The van der Waals surface area contributed by atoms with Gasteiger partial charge in [-0.1, -0.05) is 103 Å². The Kier molecular flexibility index (Phi) is 29.0. The summed E-state index contributed by atoms with van der Waals surface area (Å²) >= 11 is 0. The van der Waals surface area contributed by atoms with Crippen LogP contribution in [0.4, 0.5) is 0 Å². The molecule has 4 unspecified atom stereocenters. The van der Waals surface area contributed by atoms with E-state index in [0.717, 1.165) is 75.3 Å². The molecule has 2 aromatic rings. The van der Waals surface area contributed by atoms with Gasteiger partial charge in [0, 0.05) is 19.8 Å². The van der Waals surface area contributed by atoms with Crippen LogP contribution in [-0.2, 0) is 60.6 Å². The van der Waals surface area contributed by atoms with Crippen molar-refractivity contribution in [3.63, 3.8) is 0 Å². The third-order valence-electron chi connectivity index (χ3n) is 11.2. The molecule has 370 valence electrons. The summed E-state index contributed by atoms with van der Waals surface area (Å²) in [6, 6.07) is 12.1. The van der Waals surface area contributed by atoms with E-state index >= 15 is 0 Å². The van der Waals surface area contributed by atoms with E-state index in [4.69, 9.17) is 18.9 Å². The van der Waals surface area contributed by atoms with Crippen molar-refractivity contribution in [2.45, 2.75) is 162 Å². The monoisotopic (exact) mass is 925 g/mol. The van der Waals surface area contributed by atoms with Crippen LogP contribution in [0.2, 0.25) is 0 Å². The van der Waals surface area contributed by atoms with E-state index in [1.54, 1.807) is 43.4 Å². The van der Waals surface area contributed by atoms with Crippen molar-refractivity contribution in [2.24, 2.45) is 23.7 Å². The average molecular weight is 925 g/mol. The minimum atomic E-state index is -0.748. The summed E-state index contributed by atoms with van der Waals surface area (Å²) in [4.78, 5) is 76.6. The number of ketones is 1. The molecule has 1 amide bonds. The van der Waals surface area contributed by atoms with Gasteiger partial charge in [-0.15, -0.1) is 0 Å². The van der Waals surface area contributed by atoms with Crippen LogP contribution in [0.5, 0.6) is 11.5 Å². The van der Waals surface area contributed by atoms with Crippen LogP contribution >= 0.6 is 0 Å². The first-order valence-electron chi connectivity index (χ1n) is 24.3. The third kappa shape index (κ3) is 26.2. The molecule has 14 nitrogen and oxygen atoms in total. The van der Waals surface area contributed by atoms with Crippen molar-refractivity contribution in [3.05, 3.63) is 59.7 Å². The fraction of sp³-hybridized carbons (Fsp3) is 0.654. The number of benzene rings is 2. The van der Waals surface area contributed by atoms with Crippen LogP contribution in [0, 0.1) is 23.7 Å². The summed E-state index contributed by atoms with van der Waals surface area (Å²) in [6.07, 6.45) is 11.7. The van der Waals surface area contributed by atoms with E-state index in [-0.39, 0.29) is 73.5 Å². The summed E-state index contributed by atoms with van der Waals surface area (Å²) in [7, 11) is 1.72. The number of hydrogen-bond acceptors (Lipinski definition) is 13. The van der Waals surface area contributed by atoms with E-state index in [9.17, 15) is 39.0 Å². The lowest BCUT2D eigenvalue weighted by atomic mass is 9.88. The minimum absolute atomic E-state index is 0.0287. The quantitative estimate of drug-likeness (QED) is 0.0288. The summed E-state index contributed by atoms with van der Waals surface area (Å²) in [5.41, 5.74) is 1.70. The number of esters is 4. The molecule has 0 aliphatic carbocycles. The van der Waals surface area contributed by atoms with Gasteiger partial charge in [0.15, 0.2) is 0 Å². The molecule has 0 saturated carbocycles. The number of carbonyl (C=O) groups is 6. The summed E-state index contributed by atoms with van der Waals surface area (Å²) < 4.78 is 22.2. The topological polar surface area (TPSA) is 204 Å². The number of hydrogen-bond donors (Lipinski definition) is 4. The van der Waals surface area contributed by atoms with Gasteiger partial charge < -0.3 is 39.8 Å². The molecule has 0 saturated heterocycles. The van der Waals surface area contributed by atoms with Crippen molar-refractivity contribution in [2.75, 3.05) is 33.5 Å². The van der Waals surface area contributed by atoms with Crippen molar-refractivity contribution >= 4 is 35.6 Å². The first kappa shape index (κ1) is 57.1. The van der Waals surface area contributed by atoms with Crippen molar-refractivity contribution in [1.29, 1.82) is 0 Å². The van der Waals surface area contributed by atoms with Crippen molar-refractivity contribution < 1.29 is 57.9 Å². The van der Waals surface area contributed by atoms with E-state index in [2.05, 4.69) is 10.6 Å². The number of phenolic OH excluding ortho intramolecular Hbond substituents is 2. The fourth-order valence-electron chi connectivity index (χ4n) is 7.67. The van der Waals surface area contributed by atoms with Gasteiger partial charge in [-0.05, 0) is 106 Å². The van der Waals surface area contributed by atoms with Gasteiger partial charge in [0.25, 0.3) is 0 Å². The van der Waals surface area contributed by atoms with Crippen LogP contribution < -0.4 is 10.6 Å². The molecule has 2 aromatic carbocycles. The van der Waals surface area contributed by atoms with E-state index in [0.29, 0.717) is 45.3 Å². The van der Waals surface area contributed by atoms with Crippen LogP contribution in [0.15, 0.2) is 48.5 Å². The van der Waals surface area contributed by atoms with Gasteiger partial charge in [0.2, 0.25) is 5.91 Å². The van der Waals surface area contributed by atoms with Crippen LogP contribution in [0.1, 0.15) is 148 Å². The number of ether oxygens (including phenoxy) is 4. The van der Waals surface area contributed by atoms with E-state index in [1.807, 2.05) is 27.7 Å². The number of amides is 1. The Labute approximate surface area is 393 Å². The normalized spacial score (nSPS) is 13.1. The van der Waals surface area contributed by atoms with E-state index < -0.39 is 41.8 Å². The molecule has 0 aromatic heterocycles. The van der Waals surface area contributed by atoms with Gasteiger partial charge >= 0.3 is 23.9 Å². The van der Waals surface area contributed by atoms with Gasteiger partial charge in [0.05, 0.1) is 38.3 Å². The lowest BCUT2D eigenvalue weighted by Crippen LogP contribution is -2.41. The molecule has 0 radical (unpaired) electrons. The van der Waals surface area contributed by atoms with Gasteiger partial charge in [0.1, 0.15) is 29.4 Å². The zero-order chi connectivity index (χ0) is 48.7. The largest absolute Gasteiger partial charge is 0.508 e. The van der Waals surface area contributed by atoms with Crippen LogP contribution in [-0.4, -0.2) is 91.3 Å². The second-order valence-electron chi connectivity index (χ2n) is 18.3. The molecular formula is C52H80N2O12. The second-order valence-corrected chi connectivity index (χ2v) is 18.3.